The van der Waals surface area contributed by atoms with Gasteiger partial charge >= 0.3 is 12.0 Å². The maximum Gasteiger partial charge on any atom is 0.322 e. The second-order valence-corrected chi connectivity index (χ2v) is 8.87. The number of carbonyl (C=O) groups is 2. The molecule has 152 valence electrons. The molecule has 1 aromatic heterocycles. The molecule has 8 nitrogen and oxygen atoms in total. The molecule has 4 bridgehead atoms. The van der Waals surface area contributed by atoms with Gasteiger partial charge in [0, 0.05) is 5.56 Å². The average molecular weight is 397 g/mol. The van der Waals surface area contributed by atoms with Gasteiger partial charge in [0.25, 0.3) is 5.91 Å². The molecular formula is C21H23N3O5. The maximum atomic E-state index is 12.8. The number of ether oxygens (including phenoxy) is 1. The van der Waals surface area contributed by atoms with E-state index >= 15 is 0 Å². The number of rotatable bonds is 5. The summed E-state index contributed by atoms with van der Waals surface area (Å²) in [6, 6.07) is 9.16. The summed E-state index contributed by atoms with van der Waals surface area (Å²) in [6.07, 6.45) is 4.57. The number of anilines is 1. The van der Waals surface area contributed by atoms with Crippen molar-refractivity contribution in [1.29, 1.82) is 0 Å². The first-order valence-corrected chi connectivity index (χ1v) is 10.0. The normalized spacial score (nSPS) is 32.2. The number of amides is 1. The molecule has 1 heterocycles. The first kappa shape index (κ1) is 18.3. The molecule has 0 spiro atoms. The Labute approximate surface area is 167 Å². The highest BCUT2D eigenvalue weighted by molar-refractivity contribution is 5.91. The van der Waals surface area contributed by atoms with Crippen LogP contribution >= 0.6 is 0 Å². The Morgan fingerprint density at radius 2 is 1.86 bits per heavy atom. The quantitative estimate of drug-likeness (QED) is 0.745. The lowest BCUT2D eigenvalue weighted by Crippen LogP contribution is -2.58. The minimum absolute atomic E-state index is 0.0472. The number of nitrogens with one attached hydrogen (secondary N) is 1. The molecular weight excluding hydrogens is 374 g/mol. The molecule has 2 N–H and O–H groups in total. The zero-order chi connectivity index (χ0) is 20.1. The minimum Gasteiger partial charge on any atom is -0.455 e. The van der Waals surface area contributed by atoms with Crippen molar-refractivity contribution >= 4 is 17.9 Å². The van der Waals surface area contributed by atoms with Gasteiger partial charge < -0.3 is 14.3 Å². The van der Waals surface area contributed by atoms with E-state index in [1.54, 1.807) is 0 Å². The van der Waals surface area contributed by atoms with Crippen molar-refractivity contribution in [1.82, 2.24) is 10.2 Å². The summed E-state index contributed by atoms with van der Waals surface area (Å²) in [6.45, 7) is -0.419. The van der Waals surface area contributed by atoms with Crippen LogP contribution in [-0.2, 0) is 14.3 Å². The van der Waals surface area contributed by atoms with Crippen LogP contribution in [0.1, 0.15) is 38.5 Å². The predicted molar refractivity (Wildman–Crippen MR) is 101 cm³/mol. The molecule has 4 aliphatic carbocycles. The Kier molecular flexibility index (Phi) is 4.20. The molecule has 0 aliphatic heterocycles. The lowest BCUT2D eigenvalue weighted by molar-refractivity contribution is -0.196. The molecule has 2 unspecified atom stereocenters. The third-order valence-corrected chi connectivity index (χ3v) is 6.49. The highest BCUT2D eigenvalue weighted by atomic mass is 16.5. The topological polar surface area (TPSA) is 115 Å². The van der Waals surface area contributed by atoms with E-state index in [-0.39, 0.29) is 12.0 Å². The predicted octanol–water partition coefficient (Wildman–Crippen LogP) is 2.55. The molecule has 0 saturated heterocycles. The highest BCUT2D eigenvalue weighted by Gasteiger charge is 2.60. The number of esters is 1. The van der Waals surface area contributed by atoms with Crippen molar-refractivity contribution in [2.45, 2.75) is 44.1 Å². The van der Waals surface area contributed by atoms with Crippen LogP contribution in [0.5, 0.6) is 0 Å². The van der Waals surface area contributed by atoms with Gasteiger partial charge in [-0.25, -0.2) is 0 Å². The molecule has 4 fully saturated rings. The molecule has 6 rings (SSSR count). The molecule has 4 aliphatic rings. The summed E-state index contributed by atoms with van der Waals surface area (Å²) in [5.74, 6) is 0.121. The number of carbonyl (C=O) groups excluding carboxylic acids is 2. The van der Waals surface area contributed by atoms with E-state index in [9.17, 15) is 14.7 Å². The van der Waals surface area contributed by atoms with Crippen LogP contribution in [0.15, 0.2) is 34.7 Å². The van der Waals surface area contributed by atoms with E-state index in [4.69, 9.17) is 9.15 Å². The largest absolute Gasteiger partial charge is 0.455 e. The Morgan fingerprint density at radius 3 is 2.55 bits per heavy atom. The molecule has 4 atom stereocenters. The number of aromatic nitrogens is 2. The van der Waals surface area contributed by atoms with Gasteiger partial charge in [-0.2, -0.15) is 0 Å². The number of nitrogens with zero attached hydrogens (tertiary/aromatic N) is 2. The summed E-state index contributed by atoms with van der Waals surface area (Å²) in [5.41, 5.74) is -0.654. The first-order chi connectivity index (χ1) is 13.9. The molecule has 1 aromatic carbocycles. The van der Waals surface area contributed by atoms with Gasteiger partial charge in [-0.15, -0.1) is 5.10 Å². The molecule has 0 radical (unpaired) electrons. The van der Waals surface area contributed by atoms with Crippen molar-refractivity contribution in [3.05, 3.63) is 30.3 Å². The highest BCUT2D eigenvalue weighted by Crippen LogP contribution is 2.61. The van der Waals surface area contributed by atoms with Crippen LogP contribution < -0.4 is 5.32 Å². The monoisotopic (exact) mass is 397 g/mol. The van der Waals surface area contributed by atoms with Gasteiger partial charge in [0.1, 0.15) is 0 Å². The zero-order valence-corrected chi connectivity index (χ0v) is 16.0. The lowest BCUT2D eigenvalue weighted by atomic mass is 9.48. The van der Waals surface area contributed by atoms with E-state index in [0.717, 1.165) is 37.7 Å². The smallest absolute Gasteiger partial charge is 0.322 e. The maximum absolute atomic E-state index is 12.8. The molecule has 2 aromatic rings. The minimum atomic E-state index is -0.747. The van der Waals surface area contributed by atoms with Crippen LogP contribution in [0.2, 0.25) is 0 Å². The van der Waals surface area contributed by atoms with Gasteiger partial charge in [0.05, 0.1) is 11.0 Å². The number of hydrogen-bond acceptors (Lipinski definition) is 7. The second-order valence-electron chi connectivity index (χ2n) is 8.87. The summed E-state index contributed by atoms with van der Waals surface area (Å²) in [4.78, 5) is 25.0. The van der Waals surface area contributed by atoms with Crippen molar-refractivity contribution in [2.24, 2.45) is 17.3 Å². The number of aliphatic hydroxyl groups is 1. The molecule has 1 amide bonds. The van der Waals surface area contributed by atoms with E-state index in [0.29, 0.717) is 24.1 Å². The summed E-state index contributed by atoms with van der Waals surface area (Å²) in [7, 11) is 0. The van der Waals surface area contributed by atoms with Gasteiger partial charge in [0.2, 0.25) is 5.89 Å². The van der Waals surface area contributed by atoms with Crippen molar-refractivity contribution in [3.8, 4) is 11.5 Å². The fourth-order valence-electron chi connectivity index (χ4n) is 5.86. The van der Waals surface area contributed by atoms with Crippen LogP contribution in [0.4, 0.5) is 6.01 Å². The fraction of sp³-hybridized carbons (Fsp3) is 0.524. The zero-order valence-electron chi connectivity index (χ0n) is 16.0. The Bertz CT molecular complexity index is 927. The van der Waals surface area contributed by atoms with Crippen LogP contribution in [-0.4, -0.2) is 39.4 Å². The standard InChI is InChI=1S/C21H23N3O5/c25-16(22-19-24-23-17(29-19)15-4-2-1-3-5-15)11-28-18(26)20-7-13-6-14(8-20)10-21(27,9-13)12-20/h1-5,13-14,27H,6-12H2,(H,22,24,25)/t13-,14+,20?,21?. The summed E-state index contributed by atoms with van der Waals surface area (Å²) in [5, 5.41) is 20.9. The lowest BCUT2D eigenvalue weighted by Gasteiger charge is -2.58. The molecule has 29 heavy (non-hydrogen) atoms. The van der Waals surface area contributed by atoms with Crippen molar-refractivity contribution in [3.63, 3.8) is 0 Å². The average Bonchev–Trinajstić information content (AvgIpc) is 3.13. The van der Waals surface area contributed by atoms with E-state index in [2.05, 4.69) is 15.5 Å². The second kappa shape index (κ2) is 6.66. The van der Waals surface area contributed by atoms with Gasteiger partial charge in [0.15, 0.2) is 6.61 Å². The van der Waals surface area contributed by atoms with E-state index in [1.807, 2.05) is 30.3 Å². The SMILES string of the molecule is O=C(COC(=O)C12C[C@@H]3C[C@@H](CC(O)(C3)C1)C2)Nc1nnc(-c2ccccc2)o1. The van der Waals surface area contributed by atoms with Gasteiger partial charge in [-0.05, 0) is 62.5 Å². The third kappa shape index (κ3) is 3.42. The van der Waals surface area contributed by atoms with E-state index < -0.39 is 23.5 Å². The fourth-order valence-corrected chi connectivity index (χ4v) is 5.86. The van der Waals surface area contributed by atoms with Crippen LogP contribution in [0, 0.1) is 17.3 Å². The Balaban J connectivity index is 1.18. The Morgan fingerprint density at radius 1 is 1.14 bits per heavy atom. The van der Waals surface area contributed by atoms with Gasteiger partial charge in [-0.1, -0.05) is 23.3 Å². The summed E-state index contributed by atoms with van der Waals surface area (Å²) < 4.78 is 10.8. The van der Waals surface area contributed by atoms with Crippen molar-refractivity contribution in [2.75, 3.05) is 11.9 Å². The van der Waals surface area contributed by atoms with Crippen LogP contribution in [0.3, 0.4) is 0 Å². The Hall–Kier alpha value is -2.74. The summed E-state index contributed by atoms with van der Waals surface area (Å²) >= 11 is 0. The first-order valence-electron chi connectivity index (χ1n) is 10.0. The molecule has 4 saturated carbocycles. The van der Waals surface area contributed by atoms with E-state index in [1.165, 1.54) is 0 Å². The third-order valence-electron chi connectivity index (χ3n) is 6.49. The number of hydrogen-bond donors (Lipinski definition) is 2. The van der Waals surface area contributed by atoms with Gasteiger partial charge in [-0.3, -0.25) is 14.9 Å². The van der Waals surface area contributed by atoms with Crippen molar-refractivity contribution < 1.29 is 23.8 Å². The molecule has 8 heteroatoms. The van der Waals surface area contributed by atoms with Crippen LogP contribution in [0.25, 0.3) is 11.5 Å². The number of benzene rings is 1.